The molecule has 3 unspecified atom stereocenters. The quantitative estimate of drug-likeness (QED) is 0.586. The number of carbonyl (C=O) groups excluding carboxylic acids is 2. The maximum atomic E-state index is 13.4. The molecular formula is C28H36N2O5. The van der Waals surface area contributed by atoms with Crippen LogP contribution in [0, 0.1) is 17.8 Å². The molecule has 1 amide bonds. The third-order valence-corrected chi connectivity index (χ3v) is 8.13. The van der Waals surface area contributed by atoms with E-state index in [0.717, 1.165) is 28.8 Å². The summed E-state index contributed by atoms with van der Waals surface area (Å²) in [6.45, 7) is 3.98. The first kappa shape index (κ1) is 24.1. The minimum atomic E-state index is -0.609. The van der Waals surface area contributed by atoms with Crippen molar-refractivity contribution in [1.29, 1.82) is 0 Å². The van der Waals surface area contributed by atoms with Gasteiger partial charge in [-0.25, -0.2) is 0 Å². The normalized spacial score (nSPS) is 29.7. The predicted octanol–water partition coefficient (Wildman–Crippen LogP) is 4.36. The summed E-state index contributed by atoms with van der Waals surface area (Å²) in [7, 11) is 0. The number of rotatable bonds is 8. The lowest BCUT2D eigenvalue weighted by atomic mass is 9.80. The van der Waals surface area contributed by atoms with Gasteiger partial charge in [-0.2, -0.15) is 0 Å². The van der Waals surface area contributed by atoms with Gasteiger partial charge >= 0.3 is 0 Å². The summed E-state index contributed by atoms with van der Waals surface area (Å²) < 4.78 is 13.9. The van der Waals surface area contributed by atoms with Crippen molar-refractivity contribution in [1.82, 2.24) is 9.88 Å². The minimum absolute atomic E-state index is 0.0639. The standard InChI is InChI=1S/C28H36N2O5/c1-3-34-28-21(8-6-12-31)22(23-16-30(17(2)32)25-9-5-4-7-20(23)25)15-26(35-28)27(33)29-24-14-18-10-11-19(24)13-18/h4-5,7,9,15-16,18-19,21-22,24,28,31H,3,6,8,10-14H2,1-2H3,(H,29,33)/t18?,19?,21-,22+,24?,28-/m1/s1. The molecule has 2 heterocycles. The first-order valence-corrected chi connectivity index (χ1v) is 13.0. The van der Waals surface area contributed by atoms with Gasteiger partial charge < -0.3 is 19.9 Å². The highest BCUT2D eigenvalue weighted by atomic mass is 16.7. The summed E-state index contributed by atoms with van der Waals surface area (Å²) in [5.74, 6) is 1.04. The van der Waals surface area contributed by atoms with Gasteiger partial charge in [0, 0.05) is 49.6 Å². The Morgan fingerprint density at radius 3 is 2.74 bits per heavy atom. The number of nitrogens with one attached hydrogen (secondary N) is 1. The van der Waals surface area contributed by atoms with E-state index >= 15 is 0 Å². The number of fused-ring (bicyclic) bond motifs is 3. The van der Waals surface area contributed by atoms with Gasteiger partial charge in [-0.15, -0.1) is 0 Å². The molecule has 7 nitrogen and oxygen atoms in total. The van der Waals surface area contributed by atoms with Crippen LogP contribution in [0.2, 0.25) is 0 Å². The Hall–Kier alpha value is -2.64. The summed E-state index contributed by atoms with van der Waals surface area (Å²) >= 11 is 0. The fraction of sp³-hybridized carbons (Fsp3) is 0.571. The highest BCUT2D eigenvalue weighted by Gasteiger charge is 2.43. The Morgan fingerprint density at radius 2 is 2.06 bits per heavy atom. The summed E-state index contributed by atoms with van der Waals surface area (Å²) in [6.07, 6.45) is 9.18. The van der Waals surface area contributed by atoms with Gasteiger partial charge in [0.15, 0.2) is 5.76 Å². The number of hydrogen-bond acceptors (Lipinski definition) is 5. The monoisotopic (exact) mass is 480 g/mol. The van der Waals surface area contributed by atoms with E-state index in [4.69, 9.17) is 9.47 Å². The predicted molar refractivity (Wildman–Crippen MR) is 133 cm³/mol. The second kappa shape index (κ2) is 10.2. The number of amides is 1. The van der Waals surface area contributed by atoms with Gasteiger partial charge in [-0.05, 0) is 68.6 Å². The average Bonchev–Trinajstić information content (AvgIpc) is 3.57. The van der Waals surface area contributed by atoms with Crippen molar-refractivity contribution < 1.29 is 24.2 Å². The maximum Gasteiger partial charge on any atom is 0.286 e. The molecule has 0 radical (unpaired) electrons. The molecule has 2 N–H and O–H groups in total. The van der Waals surface area contributed by atoms with E-state index in [1.54, 1.807) is 11.5 Å². The fourth-order valence-corrected chi connectivity index (χ4v) is 6.52. The van der Waals surface area contributed by atoms with Gasteiger partial charge in [0.1, 0.15) is 0 Å². The van der Waals surface area contributed by atoms with Gasteiger partial charge in [0.05, 0.1) is 5.52 Å². The van der Waals surface area contributed by atoms with E-state index in [2.05, 4.69) is 5.32 Å². The maximum absolute atomic E-state index is 13.4. The SMILES string of the molecule is CCO[C@@H]1OC(C(=O)NC2CC3CCC2C3)=C[C@H](c2cn(C(C)=O)c3ccccc23)[C@H]1CCCO. The van der Waals surface area contributed by atoms with Crippen LogP contribution >= 0.6 is 0 Å². The van der Waals surface area contributed by atoms with Crippen molar-refractivity contribution in [2.75, 3.05) is 13.2 Å². The van der Waals surface area contributed by atoms with E-state index < -0.39 is 6.29 Å². The Kier molecular flexibility index (Phi) is 6.98. The second-order valence-electron chi connectivity index (χ2n) is 10.3. The molecule has 6 atom stereocenters. The van der Waals surface area contributed by atoms with Crippen LogP contribution in [0.1, 0.15) is 68.6 Å². The Balaban J connectivity index is 1.53. The molecule has 1 aliphatic heterocycles. The molecule has 1 aromatic heterocycles. The lowest BCUT2D eigenvalue weighted by molar-refractivity contribution is -0.166. The van der Waals surface area contributed by atoms with Crippen molar-refractivity contribution in [2.24, 2.45) is 17.8 Å². The molecule has 35 heavy (non-hydrogen) atoms. The Morgan fingerprint density at radius 1 is 1.23 bits per heavy atom. The van der Waals surface area contributed by atoms with Crippen LogP contribution in [0.5, 0.6) is 0 Å². The van der Waals surface area contributed by atoms with Gasteiger partial charge in [0.25, 0.3) is 5.91 Å². The van der Waals surface area contributed by atoms with Crippen LogP contribution in [0.15, 0.2) is 42.3 Å². The van der Waals surface area contributed by atoms with Gasteiger partial charge in [-0.3, -0.25) is 14.2 Å². The first-order chi connectivity index (χ1) is 17.0. The highest BCUT2D eigenvalue weighted by molar-refractivity contribution is 5.95. The third kappa shape index (κ3) is 4.64. The van der Waals surface area contributed by atoms with Crippen LogP contribution in [-0.2, 0) is 14.3 Å². The molecular weight excluding hydrogens is 444 g/mol. The van der Waals surface area contributed by atoms with Crippen LogP contribution in [0.3, 0.4) is 0 Å². The number of aliphatic hydroxyl groups excluding tert-OH is 1. The van der Waals surface area contributed by atoms with Crippen molar-refractivity contribution in [3.63, 3.8) is 0 Å². The van der Waals surface area contributed by atoms with E-state index in [0.29, 0.717) is 25.4 Å². The third-order valence-electron chi connectivity index (χ3n) is 8.13. The van der Waals surface area contributed by atoms with Crippen LogP contribution in [-0.4, -0.2) is 47.0 Å². The van der Waals surface area contributed by atoms with E-state index in [1.165, 1.54) is 19.3 Å². The molecule has 2 aromatic rings. The van der Waals surface area contributed by atoms with Crippen molar-refractivity contribution in [3.05, 3.63) is 47.9 Å². The topological polar surface area (TPSA) is 89.8 Å². The highest BCUT2D eigenvalue weighted by Crippen LogP contribution is 2.45. The second-order valence-corrected chi connectivity index (χ2v) is 10.3. The number of hydrogen-bond donors (Lipinski definition) is 2. The molecule has 2 bridgehead atoms. The molecule has 1 aromatic carbocycles. The number of benzene rings is 1. The van der Waals surface area contributed by atoms with Crippen molar-refractivity contribution in [2.45, 2.75) is 70.6 Å². The molecule has 0 spiro atoms. The van der Waals surface area contributed by atoms with Crippen LogP contribution < -0.4 is 5.32 Å². The zero-order valence-electron chi connectivity index (χ0n) is 20.6. The molecule has 7 heteroatoms. The van der Waals surface area contributed by atoms with Crippen LogP contribution in [0.4, 0.5) is 0 Å². The largest absolute Gasteiger partial charge is 0.459 e. The summed E-state index contributed by atoms with van der Waals surface area (Å²) in [5, 5.41) is 13.8. The first-order valence-electron chi connectivity index (χ1n) is 13.0. The Bertz CT molecular complexity index is 1120. The smallest absolute Gasteiger partial charge is 0.286 e. The van der Waals surface area contributed by atoms with Crippen molar-refractivity contribution in [3.8, 4) is 0 Å². The number of aliphatic hydroxyl groups is 1. The Labute approximate surface area is 206 Å². The molecule has 2 fully saturated rings. The number of aromatic nitrogens is 1. The molecule has 0 saturated heterocycles. The minimum Gasteiger partial charge on any atom is -0.459 e. The lowest BCUT2D eigenvalue weighted by Crippen LogP contribution is -2.43. The number of allylic oxidation sites excluding steroid dienone is 1. The summed E-state index contributed by atoms with van der Waals surface area (Å²) in [4.78, 5) is 25.8. The fourth-order valence-electron chi connectivity index (χ4n) is 6.52. The average molecular weight is 481 g/mol. The molecule has 2 aliphatic carbocycles. The number of ether oxygens (including phenoxy) is 2. The zero-order valence-corrected chi connectivity index (χ0v) is 20.6. The van der Waals surface area contributed by atoms with E-state index in [1.807, 2.05) is 43.5 Å². The van der Waals surface area contributed by atoms with Crippen molar-refractivity contribution >= 4 is 22.7 Å². The summed E-state index contributed by atoms with van der Waals surface area (Å²) in [6, 6.07) is 8.05. The molecule has 3 aliphatic rings. The van der Waals surface area contributed by atoms with E-state index in [9.17, 15) is 14.7 Å². The van der Waals surface area contributed by atoms with Crippen LogP contribution in [0.25, 0.3) is 10.9 Å². The van der Waals surface area contributed by atoms with Gasteiger partial charge in [-0.1, -0.05) is 24.6 Å². The molecule has 188 valence electrons. The molecule has 2 saturated carbocycles. The zero-order chi connectivity index (χ0) is 24.5. The number of nitrogens with zero attached hydrogens (tertiary/aromatic N) is 1. The van der Waals surface area contributed by atoms with E-state index in [-0.39, 0.29) is 42.1 Å². The molecule has 5 rings (SSSR count). The lowest BCUT2D eigenvalue weighted by Gasteiger charge is -2.37. The number of carbonyl (C=O) groups is 2. The van der Waals surface area contributed by atoms with Gasteiger partial charge in [0.2, 0.25) is 12.2 Å². The summed E-state index contributed by atoms with van der Waals surface area (Å²) in [5.41, 5.74) is 1.81. The number of para-hydroxylation sites is 1.